The number of aromatic nitrogens is 2. The molecule has 5 heteroatoms. The molecule has 0 spiro atoms. The van der Waals surface area contributed by atoms with Crippen molar-refractivity contribution in [1.29, 1.82) is 0 Å². The molecule has 0 bridgehead atoms. The van der Waals surface area contributed by atoms with Crippen LogP contribution in [0, 0.1) is 5.92 Å². The molecule has 118 valence electrons. The molecule has 2 rings (SSSR count). The van der Waals surface area contributed by atoms with Crippen LogP contribution in [-0.4, -0.2) is 42.3 Å². The summed E-state index contributed by atoms with van der Waals surface area (Å²) in [6.45, 7) is 10.6. The second-order valence-corrected chi connectivity index (χ2v) is 6.00. The largest absolute Gasteiger partial charge is 0.475 e. The van der Waals surface area contributed by atoms with Crippen LogP contribution in [0.15, 0.2) is 12.3 Å². The van der Waals surface area contributed by atoms with Crippen molar-refractivity contribution < 1.29 is 4.74 Å². The molecule has 0 radical (unpaired) electrons. The summed E-state index contributed by atoms with van der Waals surface area (Å²) < 4.78 is 5.64. The van der Waals surface area contributed by atoms with Crippen LogP contribution in [0.1, 0.15) is 40.0 Å². The number of rotatable bonds is 7. The lowest BCUT2D eigenvalue weighted by Crippen LogP contribution is -2.38. The first-order valence-corrected chi connectivity index (χ1v) is 8.14. The maximum Gasteiger partial charge on any atom is 0.228 e. The van der Waals surface area contributed by atoms with E-state index in [1.54, 1.807) is 6.20 Å². The molecule has 1 N–H and O–H groups in total. The second kappa shape index (κ2) is 8.17. The van der Waals surface area contributed by atoms with E-state index in [1.807, 2.05) is 19.9 Å². The lowest BCUT2D eigenvalue weighted by molar-refractivity contribution is 0.232. The van der Waals surface area contributed by atoms with Crippen molar-refractivity contribution in [2.75, 3.05) is 31.1 Å². The van der Waals surface area contributed by atoms with Crippen molar-refractivity contribution in [3.63, 3.8) is 0 Å². The second-order valence-electron chi connectivity index (χ2n) is 6.00. The molecule has 1 saturated heterocycles. The Labute approximate surface area is 128 Å². The quantitative estimate of drug-likeness (QED) is 0.782. The van der Waals surface area contributed by atoms with Crippen molar-refractivity contribution in [3.8, 4) is 5.88 Å². The molecule has 1 aliphatic heterocycles. The summed E-state index contributed by atoms with van der Waals surface area (Å²) in [5, 5.41) is 3.52. The van der Waals surface area contributed by atoms with E-state index in [1.165, 1.54) is 19.3 Å². The standard InChI is InChI=1S/C16H28N4O/c1-4-8-17-12-14-6-10-20(11-7-14)16-18-9-5-15(19-16)21-13(2)3/h5,9,13-14,17H,4,6-8,10-12H2,1-3H3. The van der Waals surface area contributed by atoms with E-state index in [2.05, 4.69) is 27.1 Å². The minimum atomic E-state index is 0.142. The van der Waals surface area contributed by atoms with Gasteiger partial charge in [-0.1, -0.05) is 6.92 Å². The van der Waals surface area contributed by atoms with Crippen LogP contribution in [0.3, 0.4) is 0 Å². The Morgan fingerprint density at radius 2 is 2.14 bits per heavy atom. The van der Waals surface area contributed by atoms with Gasteiger partial charge < -0.3 is 15.0 Å². The summed E-state index contributed by atoms with van der Waals surface area (Å²) in [6.07, 6.45) is 5.54. The van der Waals surface area contributed by atoms with Gasteiger partial charge in [0.25, 0.3) is 0 Å². The Hall–Kier alpha value is -1.36. The predicted molar refractivity (Wildman–Crippen MR) is 85.9 cm³/mol. The number of hydrogen-bond acceptors (Lipinski definition) is 5. The summed E-state index contributed by atoms with van der Waals surface area (Å²) in [7, 11) is 0. The average Bonchev–Trinajstić information content (AvgIpc) is 2.48. The molecule has 5 nitrogen and oxygen atoms in total. The summed E-state index contributed by atoms with van der Waals surface area (Å²) in [4.78, 5) is 11.2. The van der Waals surface area contributed by atoms with Crippen molar-refractivity contribution in [1.82, 2.24) is 15.3 Å². The van der Waals surface area contributed by atoms with Gasteiger partial charge in [-0.3, -0.25) is 0 Å². The lowest BCUT2D eigenvalue weighted by Gasteiger charge is -2.32. The van der Waals surface area contributed by atoms with E-state index in [9.17, 15) is 0 Å². The van der Waals surface area contributed by atoms with Gasteiger partial charge in [-0.25, -0.2) is 4.98 Å². The van der Waals surface area contributed by atoms with Crippen LogP contribution in [0.5, 0.6) is 5.88 Å². The summed E-state index contributed by atoms with van der Waals surface area (Å²) in [6, 6.07) is 1.82. The summed E-state index contributed by atoms with van der Waals surface area (Å²) in [5.41, 5.74) is 0. The fourth-order valence-electron chi connectivity index (χ4n) is 2.61. The number of ether oxygens (including phenoxy) is 1. The number of nitrogens with zero attached hydrogens (tertiary/aromatic N) is 3. The Kier molecular flexibility index (Phi) is 6.23. The monoisotopic (exact) mass is 292 g/mol. The van der Waals surface area contributed by atoms with E-state index in [0.29, 0.717) is 5.88 Å². The molecule has 0 aliphatic carbocycles. The number of hydrogen-bond donors (Lipinski definition) is 1. The van der Waals surface area contributed by atoms with Gasteiger partial charge in [-0.15, -0.1) is 0 Å². The Morgan fingerprint density at radius 1 is 1.38 bits per heavy atom. The first-order valence-electron chi connectivity index (χ1n) is 8.14. The molecule has 0 atom stereocenters. The molecule has 1 aromatic rings. The fourth-order valence-corrected chi connectivity index (χ4v) is 2.61. The number of nitrogens with one attached hydrogen (secondary N) is 1. The van der Waals surface area contributed by atoms with E-state index >= 15 is 0 Å². The third kappa shape index (κ3) is 5.16. The van der Waals surface area contributed by atoms with Crippen LogP contribution in [0.2, 0.25) is 0 Å². The molecule has 1 aromatic heterocycles. The molecular weight excluding hydrogens is 264 g/mol. The van der Waals surface area contributed by atoms with Gasteiger partial charge in [0.2, 0.25) is 11.8 Å². The van der Waals surface area contributed by atoms with E-state index in [0.717, 1.165) is 38.0 Å². The fraction of sp³-hybridized carbons (Fsp3) is 0.750. The van der Waals surface area contributed by atoms with Gasteiger partial charge in [0.15, 0.2) is 0 Å². The zero-order valence-electron chi connectivity index (χ0n) is 13.5. The summed E-state index contributed by atoms with van der Waals surface area (Å²) >= 11 is 0. The molecule has 1 aliphatic rings. The van der Waals surface area contributed by atoms with Crippen LogP contribution in [0.4, 0.5) is 5.95 Å². The highest BCUT2D eigenvalue weighted by Gasteiger charge is 2.21. The minimum Gasteiger partial charge on any atom is -0.475 e. The molecule has 1 fully saturated rings. The molecule has 0 aromatic carbocycles. The molecule has 0 amide bonds. The predicted octanol–water partition coefficient (Wildman–Crippen LogP) is 2.48. The first-order chi connectivity index (χ1) is 10.2. The van der Waals surface area contributed by atoms with Crippen LogP contribution < -0.4 is 15.0 Å². The first kappa shape index (κ1) is 16.0. The van der Waals surface area contributed by atoms with E-state index in [-0.39, 0.29) is 6.10 Å². The van der Waals surface area contributed by atoms with Crippen LogP contribution in [0.25, 0.3) is 0 Å². The minimum absolute atomic E-state index is 0.142. The normalized spacial score (nSPS) is 16.5. The van der Waals surface area contributed by atoms with Gasteiger partial charge in [-0.2, -0.15) is 4.98 Å². The zero-order valence-corrected chi connectivity index (χ0v) is 13.5. The molecule has 2 heterocycles. The number of piperidine rings is 1. The molecule has 0 unspecified atom stereocenters. The van der Waals surface area contributed by atoms with Crippen LogP contribution in [-0.2, 0) is 0 Å². The highest BCUT2D eigenvalue weighted by Crippen LogP contribution is 2.21. The molecule has 21 heavy (non-hydrogen) atoms. The third-order valence-corrected chi connectivity index (χ3v) is 3.73. The van der Waals surface area contributed by atoms with Crippen molar-refractivity contribution in [3.05, 3.63) is 12.3 Å². The number of anilines is 1. The lowest BCUT2D eigenvalue weighted by atomic mass is 9.97. The van der Waals surface area contributed by atoms with Gasteiger partial charge in [0, 0.05) is 25.4 Å². The SMILES string of the molecule is CCCNCC1CCN(c2nccc(OC(C)C)n2)CC1. The van der Waals surface area contributed by atoms with Crippen LogP contribution >= 0.6 is 0 Å². The molecule has 0 saturated carbocycles. The van der Waals surface area contributed by atoms with E-state index < -0.39 is 0 Å². The molecular formula is C16H28N4O. The highest BCUT2D eigenvalue weighted by atomic mass is 16.5. The topological polar surface area (TPSA) is 50.3 Å². The summed E-state index contributed by atoms with van der Waals surface area (Å²) in [5.74, 6) is 2.25. The van der Waals surface area contributed by atoms with Crippen molar-refractivity contribution >= 4 is 5.95 Å². The van der Waals surface area contributed by atoms with Gasteiger partial charge in [0.05, 0.1) is 6.10 Å². The van der Waals surface area contributed by atoms with Gasteiger partial charge >= 0.3 is 0 Å². The van der Waals surface area contributed by atoms with Crippen molar-refractivity contribution in [2.45, 2.75) is 46.1 Å². The Bertz CT molecular complexity index is 416. The third-order valence-electron chi connectivity index (χ3n) is 3.73. The Balaban J connectivity index is 1.84. The van der Waals surface area contributed by atoms with Crippen molar-refractivity contribution in [2.24, 2.45) is 5.92 Å². The smallest absolute Gasteiger partial charge is 0.228 e. The van der Waals surface area contributed by atoms with E-state index in [4.69, 9.17) is 4.74 Å². The van der Waals surface area contributed by atoms with Gasteiger partial charge in [-0.05, 0) is 52.1 Å². The maximum atomic E-state index is 5.64. The maximum absolute atomic E-state index is 5.64. The highest BCUT2D eigenvalue weighted by molar-refractivity contribution is 5.32. The average molecular weight is 292 g/mol. The zero-order chi connectivity index (χ0) is 15.1. The Morgan fingerprint density at radius 3 is 2.81 bits per heavy atom. The van der Waals surface area contributed by atoms with Gasteiger partial charge in [0.1, 0.15) is 0 Å².